The van der Waals surface area contributed by atoms with E-state index in [1.807, 2.05) is 21.6 Å². The molecule has 1 spiro atoms. The van der Waals surface area contributed by atoms with Gasteiger partial charge in [-0.15, -0.1) is 10.2 Å². The molecule has 3 aliphatic heterocycles. The molecule has 0 bridgehead atoms. The van der Waals surface area contributed by atoms with Gasteiger partial charge in [0, 0.05) is 49.6 Å². The van der Waals surface area contributed by atoms with Crippen LogP contribution >= 0.6 is 11.6 Å². The maximum Gasteiger partial charge on any atom is 0.265 e. The number of benzene rings is 1. The van der Waals surface area contributed by atoms with E-state index in [-0.39, 0.29) is 24.1 Å². The lowest BCUT2D eigenvalue weighted by atomic mass is 9.73. The third-order valence-corrected chi connectivity index (χ3v) is 7.83. The van der Waals surface area contributed by atoms with Crippen LogP contribution < -0.4 is 9.80 Å². The quantitative estimate of drug-likeness (QED) is 0.532. The number of aromatic nitrogens is 4. The SMILES string of the molecule is N#Cc1nc(N2CC3(C2)CN(c2nnc4n2-c2ccc(Cl)cc2CN(C2CC2(F)F)C4)C3)ccc1F. The van der Waals surface area contributed by atoms with Crippen LogP contribution in [0.5, 0.6) is 0 Å². The predicted molar refractivity (Wildman–Crippen MR) is 125 cm³/mol. The highest BCUT2D eigenvalue weighted by Gasteiger charge is 2.60. The molecule has 184 valence electrons. The molecule has 4 aliphatic rings. The van der Waals surface area contributed by atoms with Crippen molar-refractivity contribution in [3.8, 4) is 11.8 Å². The molecule has 0 radical (unpaired) electrons. The number of hydrogen-bond donors (Lipinski definition) is 0. The number of nitriles is 1. The molecule has 1 unspecified atom stereocenters. The summed E-state index contributed by atoms with van der Waals surface area (Å²) in [7, 11) is 0. The van der Waals surface area contributed by atoms with Crippen molar-refractivity contribution in [3.63, 3.8) is 0 Å². The fraction of sp³-hybridized carbons (Fsp3) is 0.417. The zero-order valence-electron chi connectivity index (χ0n) is 19.0. The Morgan fingerprint density at radius 1 is 1.03 bits per heavy atom. The normalized spacial score (nSPS) is 23.2. The van der Waals surface area contributed by atoms with E-state index >= 15 is 0 Å². The van der Waals surface area contributed by atoms with Crippen LogP contribution in [0.1, 0.15) is 23.5 Å². The van der Waals surface area contributed by atoms with Gasteiger partial charge in [-0.05, 0) is 35.9 Å². The van der Waals surface area contributed by atoms with Gasteiger partial charge in [-0.2, -0.15) is 5.26 Å². The molecule has 12 heteroatoms. The summed E-state index contributed by atoms with van der Waals surface area (Å²) in [5.41, 5.74) is 1.57. The molecule has 3 fully saturated rings. The van der Waals surface area contributed by atoms with Crippen LogP contribution in [0, 0.1) is 22.6 Å². The molecular weight excluding hydrogens is 493 g/mol. The number of hydrogen-bond acceptors (Lipinski definition) is 7. The molecular formula is C24H20ClF3N8. The van der Waals surface area contributed by atoms with Crippen LogP contribution in [0.4, 0.5) is 24.9 Å². The fourth-order valence-electron chi connectivity index (χ4n) is 5.75. The van der Waals surface area contributed by atoms with E-state index in [0.29, 0.717) is 29.2 Å². The molecule has 1 atom stereocenters. The Kier molecular flexibility index (Phi) is 4.46. The van der Waals surface area contributed by atoms with Gasteiger partial charge in [0.1, 0.15) is 11.9 Å². The Hall–Kier alpha value is -3.36. The van der Waals surface area contributed by atoms with Crippen molar-refractivity contribution in [1.29, 1.82) is 5.26 Å². The summed E-state index contributed by atoms with van der Waals surface area (Å²) in [6, 6.07) is 9.37. The number of nitrogens with zero attached hydrogens (tertiary/aromatic N) is 8. The number of fused-ring (bicyclic) bond motifs is 3. The molecule has 2 aromatic heterocycles. The minimum Gasteiger partial charge on any atom is -0.355 e. The predicted octanol–water partition coefficient (Wildman–Crippen LogP) is 3.38. The zero-order valence-corrected chi connectivity index (χ0v) is 19.8. The van der Waals surface area contributed by atoms with Gasteiger partial charge in [0.15, 0.2) is 17.3 Å². The van der Waals surface area contributed by atoms with Gasteiger partial charge in [0.25, 0.3) is 5.92 Å². The Bertz CT molecular complexity index is 1440. The smallest absolute Gasteiger partial charge is 0.265 e. The van der Waals surface area contributed by atoms with Gasteiger partial charge in [-0.25, -0.2) is 18.2 Å². The summed E-state index contributed by atoms with van der Waals surface area (Å²) >= 11 is 6.26. The minimum atomic E-state index is -2.68. The van der Waals surface area contributed by atoms with Crippen LogP contribution in [0.15, 0.2) is 30.3 Å². The Balaban J connectivity index is 1.13. The monoisotopic (exact) mass is 512 g/mol. The molecule has 2 saturated heterocycles. The first-order valence-electron chi connectivity index (χ1n) is 11.7. The van der Waals surface area contributed by atoms with Gasteiger partial charge in [-0.1, -0.05) is 11.6 Å². The first-order chi connectivity index (χ1) is 17.2. The number of pyridine rings is 1. The molecule has 5 heterocycles. The summed E-state index contributed by atoms with van der Waals surface area (Å²) in [5.74, 6) is -1.39. The van der Waals surface area contributed by atoms with Crippen molar-refractivity contribution in [3.05, 3.63) is 58.3 Å². The third kappa shape index (κ3) is 3.28. The topological polar surface area (TPSA) is 77.1 Å². The van der Waals surface area contributed by atoms with Crippen LogP contribution in [-0.4, -0.2) is 62.8 Å². The van der Waals surface area contributed by atoms with E-state index in [2.05, 4.69) is 20.1 Å². The minimum absolute atomic E-state index is 0.0466. The highest BCUT2D eigenvalue weighted by atomic mass is 35.5. The molecule has 1 saturated carbocycles. The summed E-state index contributed by atoms with van der Waals surface area (Å²) in [4.78, 5) is 10.1. The number of halogens is 4. The van der Waals surface area contributed by atoms with Crippen LogP contribution in [0.2, 0.25) is 5.02 Å². The standard InChI is InChI=1S/C24H20ClF3N8/c25-15-1-3-18-14(5-15)8-33(19-6-24(19,27)28)9-21-31-32-22(36(18)21)35-12-23(13-35)10-34(11-23)20-4-2-16(26)17(7-29)30-20/h1-5,19H,6,8-13H2. The largest absolute Gasteiger partial charge is 0.355 e. The molecule has 0 amide bonds. The number of alkyl halides is 2. The summed E-state index contributed by atoms with van der Waals surface area (Å²) in [5, 5.41) is 18.5. The summed E-state index contributed by atoms with van der Waals surface area (Å²) < 4.78 is 43.4. The lowest BCUT2D eigenvalue weighted by Crippen LogP contribution is -2.73. The first-order valence-corrected chi connectivity index (χ1v) is 12.0. The van der Waals surface area contributed by atoms with Gasteiger partial charge in [0.05, 0.1) is 18.3 Å². The lowest BCUT2D eigenvalue weighted by Gasteiger charge is -2.60. The van der Waals surface area contributed by atoms with Gasteiger partial charge >= 0.3 is 0 Å². The molecule has 8 nitrogen and oxygen atoms in total. The van der Waals surface area contributed by atoms with Gasteiger partial charge < -0.3 is 9.80 Å². The molecule has 0 N–H and O–H groups in total. The Morgan fingerprint density at radius 3 is 2.50 bits per heavy atom. The van der Waals surface area contributed by atoms with E-state index in [9.17, 15) is 13.2 Å². The molecule has 1 aliphatic carbocycles. The first kappa shape index (κ1) is 21.9. The molecule has 3 aromatic rings. The average Bonchev–Trinajstić information content (AvgIpc) is 3.30. The van der Waals surface area contributed by atoms with E-state index < -0.39 is 17.8 Å². The molecule has 1 aromatic carbocycles. The lowest BCUT2D eigenvalue weighted by molar-refractivity contribution is 0.0663. The maximum absolute atomic E-state index is 13.9. The Morgan fingerprint density at radius 2 is 1.78 bits per heavy atom. The van der Waals surface area contributed by atoms with Crippen molar-refractivity contribution in [2.75, 3.05) is 36.0 Å². The van der Waals surface area contributed by atoms with Gasteiger partial charge in [0.2, 0.25) is 5.95 Å². The second-order valence-corrected chi connectivity index (χ2v) is 10.7. The highest BCUT2D eigenvalue weighted by molar-refractivity contribution is 6.30. The van der Waals surface area contributed by atoms with Gasteiger partial charge in [-0.3, -0.25) is 9.47 Å². The van der Waals surface area contributed by atoms with Crippen molar-refractivity contribution >= 4 is 23.4 Å². The molecule has 36 heavy (non-hydrogen) atoms. The van der Waals surface area contributed by atoms with Crippen molar-refractivity contribution in [1.82, 2.24) is 24.6 Å². The second-order valence-electron chi connectivity index (χ2n) is 10.2. The Labute approximate surface area is 209 Å². The number of anilines is 2. The molecule has 7 rings (SSSR count). The van der Waals surface area contributed by atoms with Crippen LogP contribution in [-0.2, 0) is 13.1 Å². The van der Waals surface area contributed by atoms with E-state index in [4.69, 9.17) is 16.9 Å². The van der Waals surface area contributed by atoms with Crippen molar-refractivity contribution in [2.45, 2.75) is 31.5 Å². The van der Waals surface area contributed by atoms with Crippen LogP contribution in [0.3, 0.4) is 0 Å². The van der Waals surface area contributed by atoms with E-state index in [1.165, 1.54) is 6.07 Å². The van der Waals surface area contributed by atoms with Crippen LogP contribution in [0.25, 0.3) is 5.69 Å². The second kappa shape index (κ2) is 7.33. The third-order valence-electron chi connectivity index (χ3n) is 7.60. The fourth-order valence-corrected chi connectivity index (χ4v) is 5.94. The zero-order chi connectivity index (χ0) is 24.8. The number of rotatable bonds is 3. The van der Waals surface area contributed by atoms with E-state index in [1.54, 1.807) is 23.1 Å². The highest BCUT2D eigenvalue weighted by Crippen LogP contribution is 2.48. The maximum atomic E-state index is 13.9. The summed E-state index contributed by atoms with van der Waals surface area (Å²) in [6.07, 6.45) is -0.145. The van der Waals surface area contributed by atoms with E-state index in [0.717, 1.165) is 37.4 Å². The average molecular weight is 513 g/mol. The summed E-state index contributed by atoms with van der Waals surface area (Å²) in [6.45, 7) is 3.63. The van der Waals surface area contributed by atoms with Crippen molar-refractivity contribution < 1.29 is 13.2 Å². The van der Waals surface area contributed by atoms with Crippen molar-refractivity contribution in [2.24, 2.45) is 5.41 Å².